The second-order valence-electron chi connectivity index (χ2n) is 7.37. The number of benzene rings is 2. The number of halogens is 1. The molecule has 2 aromatic carbocycles. The number of hydrogen-bond acceptors (Lipinski definition) is 6. The lowest BCUT2D eigenvalue weighted by molar-refractivity contribution is 0.101. The van der Waals surface area contributed by atoms with Crippen LogP contribution in [0.1, 0.15) is 17.3 Å². The van der Waals surface area contributed by atoms with Crippen LogP contribution in [0.25, 0.3) is 5.69 Å². The number of aromatic nitrogens is 2. The number of sulfonamides is 1. The van der Waals surface area contributed by atoms with Crippen LogP contribution in [0.3, 0.4) is 0 Å². The number of Topliss-reactive ketones (excluding diaryl/α,β-unsaturated/α-hetero) is 1. The standard InChI is InChI=1S/C22H21ClN4O4S/c1-16(28)17-7-9-19(10-8-17)32(30,31)26-13-11-25(12-14-26)20-15-24-27(22(29)21(20)23)18-5-3-2-4-6-18/h2-10,15H,11-14H2,1H3. The zero-order valence-corrected chi connectivity index (χ0v) is 18.9. The van der Waals surface area contributed by atoms with Crippen molar-refractivity contribution in [2.45, 2.75) is 11.8 Å². The fraction of sp³-hybridized carbons (Fsp3) is 0.227. The Balaban J connectivity index is 1.51. The number of hydrogen-bond donors (Lipinski definition) is 0. The van der Waals surface area contributed by atoms with Gasteiger partial charge in [0.25, 0.3) is 5.56 Å². The highest BCUT2D eigenvalue weighted by Crippen LogP contribution is 2.25. The molecular weight excluding hydrogens is 452 g/mol. The second kappa shape index (κ2) is 8.85. The Labute approximate surface area is 190 Å². The Kier molecular flexibility index (Phi) is 6.14. The predicted octanol–water partition coefficient (Wildman–Crippen LogP) is 2.60. The second-order valence-corrected chi connectivity index (χ2v) is 9.68. The van der Waals surface area contributed by atoms with Crippen molar-refractivity contribution in [2.24, 2.45) is 0 Å². The average molecular weight is 473 g/mol. The molecule has 0 saturated carbocycles. The van der Waals surface area contributed by atoms with Gasteiger partial charge in [-0.1, -0.05) is 41.9 Å². The van der Waals surface area contributed by atoms with Crippen molar-refractivity contribution in [1.29, 1.82) is 0 Å². The van der Waals surface area contributed by atoms with Crippen LogP contribution in [-0.2, 0) is 10.0 Å². The minimum Gasteiger partial charge on any atom is -0.366 e. The minimum atomic E-state index is -3.69. The first-order valence-corrected chi connectivity index (χ1v) is 11.8. The van der Waals surface area contributed by atoms with E-state index < -0.39 is 15.6 Å². The van der Waals surface area contributed by atoms with E-state index in [0.717, 1.165) is 0 Å². The lowest BCUT2D eigenvalue weighted by Gasteiger charge is -2.35. The van der Waals surface area contributed by atoms with Crippen molar-refractivity contribution in [3.05, 3.63) is 81.7 Å². The van der Waals surface area contributed by atoms with E-state index in [1.807, 2.05) is 11.0 Å². The zero-order chi connectivity index (χ0) is 22.9. The number of nitrogens with zero attached hydrogens (tertiary/aromatic N) is 4. The SMILES string of the molecule is CC(=O)c1ccc(S(=O)(=O)N2CCN(c3cnn(-c4ccccc4)c(=O)c3Cl)CC2)cc1. The number of para-hydroxylation sites is 1. The molecule has 1 aliphatic rings. The first kappa shape index (κ1) is 22.2. The molecule has 0 atom stereocenters. The highest BCUT2D eigenvalue weighted by molar-refractivity contribution is 7.89. The van der Waals surface area contributed by atoms with Crippen LogP contribution >= 0.6 is 11.6 Å². The van der Waals surface area contributed by atoms with E-state index in [4.69, 9.17) is 11.6 Å². The molecule has 2 heterocycles. The summed E-state index contributed by atoms with van der Waals surface area (Å²) in [5.74, 6) is -0.123. The van der Waals surface area contributed by atoms with Crippen LogP contribution < -0.4 is 10.5 Å². The molecule has 1 aliphatic heterocycles. The van der Waals surface area contributed by atoms with Gasteiger partial charge in [-0.05, 0) is 31.2 Å². The molecule has 166 valence electrons. The molecule has 3 aromatic rings. The van der Waals surface area contributed by atoms with Crippen LogP contribution in [0.4, 0.5) is 5.69 Å². The van der Waals surface area contributed by atoms with E-state index in [2.05, 4.69) is 5.10 Å². The molecule has 8 nitrogen and oxygen atoms in total. The average Bonchev–Trinajstić information content (AvgIpc) is 2.81. The predicted molar refractivity (Wildman–Crippen MR) is 122 cm³/mol. The maximum absolute atomic E-state index is 13.0. The Morgan fingerprint density at radius 1 is 0.969 bits per heavy atom. The third-order valence-corrected chi connectivity index (χ3v) is 7.65. The third kappa shape index (κ3) is 4.19. The molecule has 4 rings (SSSR count). The molecule has 1 aromatic heterocycles. The topological polar surface area (TPSA) is 92.6 Å². The van der Waals surface area contributed by atoms with Crippen molar-refractivity contribution in [2.75, 3.05) is 31.1 Å². The summed E-state index contributed by atoms with van der Waals surface area (Å²) in [6.45, 7) is 2.62. The van der Waals surface area contributed by atoms with E-state index >= 15 is 0 Å². The first-order chi connectivity index (χ1) is 15.3. The van der Waals surface area contributed by atoms with E-state index in [-0.39, 0.29) is 28.8 Å². The summed E-state index contributed by atoms with van der Waals surface area (Å²) in [6.07, 6.45) is 1.53. The summed E-state index contributed by atoms with van der Waals surface area (Å²) in [5.41, 5.74) is 1.11. The number of rotatable bonds is 5. The summed E-state index contributed by atoms with van der Waals surface area (Å²) in [5, 5.41) is 4.28. The number of anilines is 1. The molecule has 0 unspecified atom stereocenters. The Hall–Kier alpha value is -3.01. The van der Waals surface area contributed by atoms with Gasteiger partial charge in [-0.15, -0.1) is 0 Å². The summed E-state index contributed by atoms with van der Waals surface area (Å²) in [4.78, 5) is 26.2. The normalized spacial score (nSPS) is 15.0. The first-order valence-electron chi connectivity index (χ1n) is 9.98. The molecule has 0 amide bonds. The van der Waals surface area contributed by atoms with Gasteiger partial charge in [0.15, 0.2) is 5.78 Å². The van der Waals surface area contributed by atoms with E-state index in [0.29, 0.717) is 30.0 Å². The van der Waals surface area contributed by atoms with Gasteiger partial charge in [0.2, 0.25) is 10.0 Å². The van der Waals surface area contributed by atoms with Gasteiger partial charge in [-0.2, -0.15) is 14.1 Å². The smallest absolute Gasteiger partial charge is 0.292 e. The van der Waals surface area contributed by atoms with Crippen molar-refractivity contribution in [3.8, 4) is 5.69 Å². The molecular formula is C22H21ClN4O4S. The number of ketones is 1. The minimum absolute atomic E-state index is 0.0416. The fourth-order valence-corrected chi connectivity index (χ4v) is 5.25. The van der Waals surface area contributed by atoms with Crippen molar-refractivity contribution in [3.63, 3.8) is 0 Å². The molecule has 0 N–H and O–H groups in total. The quantitative estimate of drug-likeness (QED) is 0.530. The molecule has 0 bridgehead atoms. The highest BCUT2D eigenvalue weighted by Gasteiger charge is 2.30. The third-order valence-electron chi connectivity index (χ3n) is 5.38. The van der Waals surface area contributed by atoms with Crippen LogP contribution in [-0.4, -0.2) is 54.5 Å². The number of carbonyl (C=O) groups is 1. The Morgan fingerprint density at radius 2 is 1.59 bits per heavy atom. The monoisotopic (exact) mass is 472 g/mol. The molecule has 32 heavy (non-hydrogen) atoms. The van der Waals surface area contributed by atoms with Gasteiger partial charge in [0, 0.05) is 31.7 Å². The Morgan fingerprint density at radius 3 is 2.19 bits per heavy atom. The number of piperazine rings is 1. The van der Waals surface area contributed by atoms with Crippen molar-refractivity contribution < 1.29 is 13.2 Å². The van der Waals surface area contributed by atoms with E-state index in [1.54, 1.807) is 24.3 Å². The molecule has 0 aliphatic carbocycles. The molecule has 1 saturated heterocycles. The van der Waals surface area contributed by atoms with Crippen molar-refractivity contribution in [1.82, 2.24) is 14.1 Å². The summed E-state index contributed by atoms with van der Waals surface area (Å²) >= 11 is 6.37. The molecule has 1 fully saturated rings. The zero-order valence-electron chi connectivity index (χ0n) is 17.3. The Bertz CT molecular complexity index is 1300. The summed E-state index contributed by atoms with van der Waals surface area (Å²) in [7, 11) is -3.69. The van der Waals surface area contributed by atoms with Crippen LogP contribution in [0.2, 0.25) is 5.02 Å². The van der Waals surface area contributed by atoms with Crippen LogP contribution in [0.5, 0.6) is 0 Å². The molecule has 0 radical (unpaired) electrons. The van der Waals surface area contributed by atoms with Gasteiger partial charge in [0.05, 0.1) is 22.5 Å². The summed E-state index contributed by atoms with van der Waals surface area (Å²) in [6, 6.07) is 14.9. The van der Waals surface area contributed by atoms with Crippen LogP contribution in [0.15, 0.2) is 70.5 Å². The van der Waals surface area contributed by atoms with Crippen molar-refractivity contribution >= 4 is 33.1 Å². The lowest BCUT2D eigenvalue weighted by atomic mass is 10.2. The number of carbonyl (C=O) groups excluding carboxylic acids is 1. The molecule has 10 heteroatoms. The largest absolute Gasteiger partial charge is 0.366 e. The van der Waals surface area contributed by atoms with E-state index in [9.17, 15) is 18.0 Å². The maximum Gasteiger partial charge on any atom is 0.292 e. The lowest BCUT2D eigenvalue weighted by Crippen LogP contribution is -2.49. The highest BCUT2D eigenvalue weighted by atomic mass is 35.5. The summed E-state index contributed by atoms with van der Waals surface area (Å²) < 4.78 is 28.6. The fourth-order valence-electron chi connectivity index (χ4n) is 3.58. The maximum atomic E-state index is 13.0. The van der Waals surface area contributed by atoms with Gasteiger partial charge in [-0.3, -0.25) is 9.59 Å². The molecule has 0 spiro atoms. The van der Waals surface area contributed by atoms with Crippen LogP contribution in [0, 0.1) is 0 Å². The van der Waals surface area contributed by atoms with Gasteiger partial charge < -0.3 is 4.90 Å². The van der Waals surface area contributed by atoms with E-state index in [1.165, 1.54) is 46.4 Å². The van der Waals surface area contributed by atoms with Gasteiger partial charge in [-0.25, -0.2) is 8.42 Å². The van der Waals surface area contributed by atoms with Gasteiger partial charge >= 0.3 is 0 Å². The van der Waals surface area contributed by atoms with Gasteiger partial charge in [0.1, 0.15) is 5.02 Å².